The van der Waals surface area contributed by atoms with Gasteiger partial charge in [0.05, 0.1) is 5.52 Å². The van der Waals surface area contributed by atoms with Gasteiger partial charge in [0, 0.05) is 10.9 Å². The highest BCUT2D eigenvalue weighted by Crippen LogP contribution is 2.18. The van der Waals surface area contributed by atoms with E-state index >= 15 is 0 Å². The summed E-state index contributed by atoms with van der Waals surface area (Å²) in [4.78, 5) is 4.45. The highest BCUT2D eigenvalue weighted by molar-refractivity contribution is 7.08. The maximum Gasteiger partial charge on any atom is 0.183 e. The van der Waals surface area contributed by atoms with Gasteiger partial charge in [-0.1, -0.05) is 12.1 Å². The lowest BCUT2D eigenvalue weighted by Gasteiger charge is -1.97. The summed E-state index contributed by atoms with van der Waals surface area (Å²) in [7, 11) is 0. The molecule has 3 rings (SSSR count). The molecule has 1 aromatic carbocycles. The molecule has 0 N–H and O–H groups in total. The second kappa shape index (κ2) is 3.40. The van der Waals surface area contributed by atoms with Crippen molar-refractivity contribution in [3.05, 3.63) is 41.1 Å². The number of nitrogens with zero attached hydrogens (tertiary/aromatic N) is 3. The monoisotopic (exact) mass is 213 g/mol. The fourth-order valence-corrected chi connectivity index (χ4v) is 2.03. The lowest BCUT2D eigenvalue weighted by Crippen LogP contribution is -1.92. The first-order chi connectivity index (χ1) is 7.43. The first-order valence-electron chi connectivity index (χ1n) is 4.55. The number of hydrogen-bond acceptors (Lipinski definition) is 4. The predicted molar refractivity (Wildman–Crippen MR) is 60.6 cm³/mol. The first kappa shape index (κ1) is 8.49. The van der Waals surface area contributed by atoms with Crippen LogP contribution in [0.1, 0.15) is 0 Å². The summed E-state index contributed by atoms with van der Waals surface area (Å²) in [5.74, 6) is 0.690. The van der Waals surface area contributed by atoms with Crippen molar-refractivity contribution < 1.29 is 0 Å². The number of fused-ring (bicyclic) bond motifs is 1. The molecule has 0 aliphatic carbocycles. The SMILES string of the molecule is c1ccc2nc(-c3ccsc3)nnc2c1. The van der Waals surface area contributed by atoms with Crippen LogP contribution in [0.3, 0.4) is 0 Å². The van der Waals surface area contributed by atoms with E-state index in [9.17, 15) is 0 Å². The summed E-state index contributed by atoms with van der Waals surface area (Å²) in [5.41, 5.74) is 2.74. The van der Waals surface area contributed by atoms with E-state index in [1.165, 1.54) is 0 Å². The van der Waals surface area contributed by atoms with E-state index in [1.54, 1.807) is 11.3 Å². The van der Waals surface area contributed by atoms with Crippen LogP contribution in [0.4, 0.5) is 0 Å². The van der Waals surface area contributed by atoms with E-state index in [0.29, 0.717) is 5.82 Å². The average molecular weight is 213 g/mol. The van der Waals surface area contributed by atoms with Gasteiger partial charge in [0.15, 0.2) is 5.82 Å². The molecule has 0 fully saturated rings. The maximum absolute atomic E-state index is 4.45. The number of para-hydroxylation sites is 1. The average Bonchev–Trinajstić information content (AvgIpc) is 2.82. The highest BCUT2D eigenvalue weighted by atomic mass is 32.1. The van der Waals surface area contributed by atoms with Gasteiger partial charge >= 0.3 is 0 Å². The van der Waals surface area contributed by atoms with Crippen LogP contribution in [0.15, 0.2) is 41.1 Å². The summed E-state index contributed by atoms with van der Waals surface area (Å²) < 4.78 is 0. The van der Waals surface area contributed by atoms with E-state index in [4.69, 9.17) is 0 Å². The summed E-state index contributed by atoms with van der Waals surface area (Å²) in [5, 5.41) is 12.3. The zero-order chi connectivity index (χ0) is 10.1. The standard InChI is InChI=1S/C11H7N3S/c1-2-4-10-9(3-1)12-11(14-13-10)8-5-6-15-7-8/h1-7H. The number of thiophene rings is 1. The Morgan fingerprint density at radius 1 is 0.933 bits per heavy atom. The first-order valence-corrected chi connectivity index (χ1v) is 5.50. The van der Waals surface area contributed by atoms with E-state index in [1.807, 2.05) is 41.1 Å². The van der Waals surface area contributed by atoms with E-state index in [2.05, 4.69) is 15.2 Å². The quantitative estimate of drug-likeness (QED) is 0.624. The Labute approximate surface area is 90.4 Å². The lowest BCUT2D eigenvalue weighted by molar-refractivity contribution is 1.03. The van der Waals surface area contributed by atoms with Gasteiger partial charge in [0.25, 0.3) is 0 Å². The molecule has 0 saturated carbocycles. The van der Waals surface area contributed by atoms with Crippen molar-refractivity contribution >= 4 is 22.4 Å². The van der Waals surface area contributed by atoms with E-state index < -0.39 is 0 Å². The third-order valence-electron chi connectivity index (χ3n) is 2.14. The Kier molecular flexibility index (Phi) is 1.93. The van der Waals surface area contributed by atoms with Gasteiger partial charge in [-0.15, -0.1) is 10.2 Å². The number of aromatic nitrogens is 3. The smallest absolute Gasteiger partial charge is 0.183 e. The van der Waals surface area contributed by atoms with Crippen molar-refractivity contribution in [2.75, 3.05) is 0 Å². The van der Waals surface area contributed by atoms with Crippen molar-refractivity contribution in [2.45, 2.75) is 0 Å². The van der Waals surface area contributed by atoms with Crippen molar-refractivity contribution in [1.29, 1.82) is 0 Å². The van der Waals surface area contributed by atoms with Gasteiger partial charge in [-0.2, -0.15) is 11.3 Å². The fraction of sp³-hybridized carbons (Fsp3) is 0. The van der Waals surface area contributed by atoms with Crippen molar-refractivity contribution in [3.8, 4) is 11.4 Å². The van der Waals surface area contributed by atoms with E-state index in [-0.39, 0.29) is 0 Å². The minimum Gasteiger partial charge on any atom is -0.225 e. The molecule has 0 spiro atoms. The van der Waals surface area contributed by atoms with Crippen LogP contribution < -0.4 is 0 Å². The molecule has 3 aromatic rings. The van der Waals surface area contributed by atoms with Crippen molar-refractivity contribution in [1.82, 2.24) is 15.2 Å². The maximum atomic E-state index is 4.45. The van der Waals surface area contributed by atoms with Crippen LogP contribution in [0.25, 0.3) is 22.4 Å². The Balaban J connectivity index is 2.22. The molecule has 2 heterocycles. The zero-order valence-electron chi connectivity index (χ0n) is 7.79. The molecule has 0 aliphatic rings. The molecule has 4 heteroatoms. The molecule has 3 nitrogen and oxygen atoms in total. The number of benzene rings is 1. The summed E-state index contributed by atoms with van der Waals surface area (Å²) in [6.45, 7) is 0. The summed E-state index contributed by atoms with van der Waals surface area (Å²) in [6, 6.07) is 9.74. The van der Waals surface area contributed by atoms with Gasteiger partial charge in [0.2, 0.25) is 0 Å². The van der Waals surface area contributed by atoms with Crippen LogP contribution in [0.5, 0.6) is 0 Å². The van der Waals surface area contributed by atoms with Crippen LogP contribution in [0.2, 0.25) is 0 Å². The van der Waals surface area contributed by atoms with Crippen LogP contribution in [0, 0.1) is 0 Å². The molecule has 0 amide bonds. The van der Waals surface area contributed by atoms with Crippen LogP contribution in [-0.4, -0.2) is 15.2 Å². The molecular weight excluding hydrogens is 206 g/mol. The third-order valence-corrected chi connectivity index (χ3v) is 2.82. The highest BCUT2D eigenvalue weighted by Gasteiger charge is 2.03. The lowest BCUT2D eigenvalue weighted by atomic mass is 10.3. The molecule has 0 bridgehead atoms. The topological polar surface area (TPSA) is 38.7 Å². The second-order valence-electron chi connectivity index (χ2n) is 3.14. The third kappa shape index (κ3) is 1.49. The number of rotatable bonds is 1. The molecule has 0 aliphatic heterocycles. The molecule has 72 valence electrons. The van der Waals surface area contributed by atoms with Gasteiger partial charge in [0.1, 0.15) is 5.52 Å². The predicted octanol–water partition coefficient (Wildman–Crippen LogP) is 2.75. The van der Waals surface area contributed by atoms with Gasteiger partial charge in [-0.05, 0) is 23.6 Å². The Morgan fingerprint density at radius 2 is 1.80 bits per heavy atom. The minimum atomic E-state index is 0.690. The molecule has 0 radical (unpaired) electrons. The van der Waals surface area contributed by atoms with Gasteiger partial charge < -0.3 is 0 Å². The molecule has 0 atom stereocenters. The summed E-state index contributed by atoms with van der Waals surface area (Å²) >= 11 is 1.63. The van der Waals surface area contributed by atoms with Crippen molar-refractivity contribution in [2.24, 2.45) is 0 Å². The molecule has 2 aromatic heterocycles. The fourth-order valence-electron chi connectivity index (χ4n) is 1.39. The van der Waals surface area contributed by atoms with Gasteiger partial charge in [-0.25, -0.2) is 4.98 Å². The largest absolute Gasteiger partial charge is 0.225 e. The number of hydrogen-bond donors (Lipinski definition) is 0. The Hall–Kier alpha value is -1.81. The molecule has 15 heavy (non-hydrogen) atoms. The van der Waals surface area contributed by atoms with Crippen LogP contribution in [-0.2, 0) is 0 Å². The molecule has 0 saturated heterocycles. The minimum absolute atomic E-state index is 0.690. The normalized spacial score (nSPS) is 10.7. The Morgan fingerprint density at radius 3 is 2.60 bits per heavy atom. The van der Waals surface area contributed by atoms with Crippen LogP contribution >= 0.6 is 11.3 Å². The molecular formula is C11H7N3S. The zero-order valence-corrected chi connectivity index (χ0v) is 8.61. The molecule has 0 unspecified atom stereocenters. The Bertz CT molecular complexity index is 590. The summed E-state index contributed by atoms with van der Waals surface area (Å²) in [6.07, 6.45) is 0. The van der Waals surface area contributed by atoms with E-state index in [0.717, 1.165) is 16.6 Å². The van der Waals surface area contributed by atoms with Crippen molar-refractivity contribution in [3.63, 3.8) is 0 Å². The van der Waals surface area contributed by atoms with Gasteiger partial charge in [-0.3, -0.25) is 0 Å². The second-order valence-corrected chi connectivity index (χ2v) is 3.92.